The fourth-order valence-corrected chi connectivity index (χ4v) is 6.68. The number of hydrogen-bond acceptors (Lipinski definition) is 8. The van der Waals surface area contributed by atoms with Crippen molar-refractivity contribution in [3.05, 3.63) is 0 Å². The highest BCUT2D eigenvalue weighted by Crippen LogP contribution is 2.63. The van der Waals surface area contributed by atoms with E-state index in [1.807, 2.05) is 20.8 Å². The first-order valence-corrected chi connectivity index (χ1v) is 13.1. The van der Waals surface area contributed by atoms with Crippen LogP contribution in [0.4, 0.5) is 0 Å². The lowest BCUT2D eigenvalue weighted by molar-refractivity contribution is -0.160. The maximum atomic E-state index is 14.0. The van der Waals surface area contributed by atoms with Crippen LogP contribution in [0.1, 0.15) is 47.0 Å². The van der Waals surface area contributed by atoms with Gasteiger partial charge in [-0.2, -0.15) is 0 Å². The number of aliphatic hydroxyl groups is 1. The maximum absolute atomic E-state index is 14.0. The van der Waals surface area contributed by atoms with Crippen LogP contribution in [-0.4, -0.2) is 109 Å². The van der Waals surface area contributed by atoms with Gasteiger partial charge in [-0.25, -0.2) is 0 Å². The third kappa shape index (κ3) is 4.36. The molecule has 0 aromatic heterocycles. The van der Waals surface area contributed by atoms with Crippen molar-refractivity contribution in [2.45, 2.75) is 70.2 Å². The van der Waals surface area contributed by atoms with Crippen LogP contribution in [0.3, 0.4) is 0 Å². The second-order valence-corrected chi connectivity index (χ2v) is 10.6. The molecule has 4 aliphatic rings. The standard InChI is InChI=1S/C25H41N3O7/c1-5-16(3)17(15-29)28-20(21(30)26-9-10-27-11-13-33-14-12-27)25-8-7-24(4,35-25)19(18(25)22(28)31)23(32)34-6-2/h16-20,29H,5-15H2,1-4H3,(H,26,30)/t16-,17-,18-,19-,20?,24+,25?/m0/s1. The molecule has 4 heterocycles. The van der Waals surface area contributed by atoms with Crippen molar-refractivity contribution < 1.29 is 33.7 Å². The molecule has 198 valence electrons. The Morgan fingerprint density at radius 1 is 1.26 bits per heavy atom. The number of ether oxygens (including phenoxy) is 3. The third-order valence-electron chi connectivity index (χ3n) is 8.68. The smallest absolute Gasteiger partial charge is 0.312 e. The Morgan fingerprint density at radius 2 is 1.97 bits per heavy atom. The minimum absolute atomic E-state index is 0.0309. The number of aliphatic hydroxyl groups excluding tert-OH is 1. The topological polar surface area (TPSA) is 118 Å². The number of fused-ring (bicyclic) bond motifs is 1. The number of carbonyl (C=O) groups excluding carboxylic acids is 3. The van der Waals surface area contributed by atoms with E-state index >= 15 is 0 Å². The summed E-state index contributed by atoms with van der Waals surface area (Å²) in [5, 5.41) is 13.4. The Labute approximate surface area is 207 Å². The summed E-state index contributed by atoms with van der Waals surface area (Å²) < 4.78 is 17.3. The zero-order chi connectivity index (χ0) is 25.4. The number of morpholine rings is 1. The lowest BCUT2D eigenvalue weighted by Crippen LogP contribution is -2.59. The molecule has 0 radical (unpaired) electrons. The van der Waals surface area contributed by atoms with Gasteiger partial charge in [0.25, 0.3) is 0 Å². The lowest BCUT2D eigenvalue weighted by Gasteiger charge is -2.39. The van der Waals surface area contributed by atoms with E-state index in [4.69, 9.17) is 14.2 Å². The molecule has 35 heavy (non-hydrogen) atoms. The van der Waals surface area contributed by atoms with Gasteiger partial charge in [0.1, 0.15) is 17.6 Å². The van der Waals surface area contributed by atoms with E-state index in [2.05, 4.69) is 10.2 Å². The summed E-state index contributed by atoms with van der Waals surface area (Å²) in [7, 11) is 0. The van der Waals surface area contributed by atoms with Gasteiger partial charge in [0.15, 0.2) is 0 Å². The van der Waals surface area contributed by atoms with Crippen LogP contribution in [-0.2, 0) is 28.6 Å². The van der Waals surface area contributed by atoms with Crippen LogP contribution in [0.2, 0.25) is 0 Å². The molecule has 2 bridgehead atoms. The van der Waals surface area contributed by atoms with Gasteiger partial charge in [0, 0.05) is 26.2 Å². The average Bonchev–Trinajstić information content (AvgIpc) is 3.41. The number of hydrogen-bond donors (Lipinski definition) is 2. The molecule has 2 unspecified atom stereocenters. The maximum Gasteiger partial charge on any atom is 0.312 e. The fourth-order valence-electron chi connectivity index (χ4n) is 6.68. The van der Waals surface area contributed by atoms with Crippen molar-refractivity contribution >= 4 is 17.8 Å². The number of likely N-dealkylation sites (tertiary alicyclic amines) is 1. The number of amides is 2. The first-order valence-electron chi connectivity index (χ1n) is 13.1. The quantitative estimate of drug-likeness (QED) is 0.412. The van der Waals surface area contributed by atoms with Crippen LogP contribution in [0, 0.1) is 17.8 Å². The molecule has 10 heteroatoms. The van der Waals surface area contributed by atoms with E-state index in [0.717, 1.165) is 19.5 Å². The van der Waals surface area contributed by atoms with Gasteiger partial charge in [-0.3, -0.25) is 19.3 Å². The monoisotopic (exact) mass is 495 g/mol. The van der Waals surface area contributed by atoms with Crippen molar-refractivity contribution in [1.82, 2.24) is 15.1 Å². The summed E-state index contributed by atoms with van der Waals surface area (Å²) in [6.45, 7) is 11.6. The van der Waals surface area contributed by atoms with E-state index in [1.165, 1.54) is 0 Å². The van der Waals surface area contributed by atoms with Gasteiger partial charge < -0.3 is 29.5 Å². The van der Waals surface area contributed by atoms with Gasteiger partial charge in [0.05, 0.1) is 44.0 Å². The lowest BCUT2D eigenvalue weighted by atomic mass is 9.66. The van der Waals surface area contributed by atoms with E-state index in [0.29, 0.717) is 39.1 Å². The summed E-state index contributed by atoms with van der Waals surface area (Å²) >= 11 is 0. The molecular formula is C25H41N3O7. The van der Waals surface area contributed by atoms with E-state index in [-0.39, 0.29) is 30.9 Å². The zero-order valence-corrected chi connectivity index (χ0v) is 21.5. The second-order valence-electron chi connectivity index (χ2n) is 10.6. The molecule has 4 rings (SSSR count). The van der Waals surface area contributed by atoms with E-state index < -0.39 is 41.1 Å². The molecule has 4 aliphatic heterocycles. The summed E-state index contributed by atoms with van der Waals surface area (Å²) in [6.07, 6.45) is 1.81. The molecular weight excluding hydrogens is 454 g/mol. The molecule has 4 fully saturated rings. The predicted molar refractivity (Wildman–Crippen MR) is 126 cm³/mol. The predicted octanol–water partition coefficient (Wildman–Crippen LogP) is 0.170. The first-order chi connectivity index (χ1) is 16.7. The molecule has 10 nitrogen and oxygen atoms in total. The zero-order valence-electron chi connectivity index (χ0n) is 21.5. The normalized spacial score (nSPS) is 36.2. The van der Waals surface area contributed by atoms with Gasteiger partial charge in [-0.1, -0.05) is 20.3 Å². The van der Waals surface area contributed by atoms with Crippen LogP contribution in [0.5, 0.6) is 0 Å². The highest BCUT2D eigenvalue weighted by atomic mass is 16.6. The molecule has 0 aliphatic carbocycles. The number of nitrogens with one attached hydrogen (secondary N) is 1. The second kappa shape index (κ2) is 10.3. The molecule has 0 aromatic carbocycles. The summed E-state index contributed by atoms with van der Waals surface area (Å²) in [5.41, 5.74) is -1.96. The molecule has 0 saturated carbocycles. The molecule has 4 saturated heterocycles. The molecule has 7 atom stereocenters. The van der Waals surface area contributed by atoms with E-state index in [9.17, 15) is 19.5 Å². The van der Waals surface area contributed by atoms with E-state index in [1.54, 1.807) is 11.8 Å². The van der Waals surface area contributed by atoms with Gasteiger partial charge in [0.2, 0.25) is 11.8 Å². The number of carbonyl (C=O) groups is 3. The largest absolute Gasteiger partial charge is 0.466 e. The molecule has 2 N–H and O–H groups in total. The number of esters is 1. The highest BCUT2D eigenvalue weighted by molar-refractivity contribution is 5.98. The summed E-state index contributed by atoms with van der Waals surface area (Å²) in [4.78, 5) is 44.6. The average molecular weight is 496 g/mol. The minimum Gasteiger partial charge on any atom is -0.466 e. The Bertz CT molecular complexity index is 819. The number of rotatable bonds is 10. The van der Waals surface area contributed by atoms with Gasteiger partial charge in [-0.15, -0.1) is 0 Å². The van der Waals surface area contributed by atoms with Crippen molar-refractivity contribution in [1.29, 1.82) is 0 Å². The first kappa shape index (κ1) is 26.3. The van der Waals surface area contributed by atoms with Crippen molar-refractivity contribution in [2.75, 3.05) is 52.6 Å². The molecule has 1 spiro atoms. The van der Waals surface area contributed by atoms with Crippen molar-refractivity contribution in [3.8, 4) is 0 Å². The Kier molecular flexibility index (Phi) is 7.76. The van der Waals surface area contributed by atoms with Crippen LogP contribution >= 0.6 is 0 Å². The summed E-state index contributed by atoms with van der Waals surface area (Å²) in [5.74, 6) is -2.63. The molecule has 2 amide bonds. The number of nitrogens with zero attached hydrogens (tertiary/aromatic N) is 2. The Balaban J connectivity index is 1.64. The molecule has 0 aromatic rings. The SMILES string of the molecule is CCOC(=O)[C@@H]1[C@H]2C(=O)N([C@@H](CO)[C@@H](C)CC)C(C(=O)NCCN3CCOCC3)C23CC[C@@]1(C)O3. The van der Waals surface area contributed by atoms with Crippen LogP contribution in [0.25, 0.3) is 0 Å². The van der Waals surface area contributed by atoms with Crippen molar-refractivity contribution in [3.63, 3.8) is 0 Å². The third-order valence-corrected chi connectivity index (χ3v) is 8.68. The summed E-state index contributed by atoms with van der Waals surface area (Å²) in [6, 6.07) is -1.45. The van der Waals surface area contributed by atoms with Crippen LogP contribution < -0.4 is 5.32 Å². The van der Waals surface area contributed by atoms with Crippen LogP contribution in [0.15, 0.2) is 0 Å². The Morgan fingerprint density at radius 3 is 2.60 bits per heavy atom. The van der Waals surface area contributed by atoms with Crippen molar-refractivity contribution in [2.24, 2.45) is 17.8 Å². The Hall–Kier alpha value is -1.75. The fraction of sp³-hybridized carbons (Fsp3) is 0.880. The minimum atomic E-state index is -1.10. The van der Waals surface area contributed by atoms with Gasteiger partial charge >= 0.3 is 5.97 Å². The highest BCUT2D eigenvalue weighted by Gasteiger charge is 2.78. The van der Waals surface area contributed by atoms with Gasteiger partial charge in [-0.05, 0) is 32.6 Å².